The third-order valence-electron chi connectivity index (χ3n) is 3.63. The largest absolute Gasteiger partial charge is 0.481 e. The molecule has 0 bridgehead atoms. The maximum atomic E-state index is 11.2. The number of aromatic nitrogens is 2. The van der Waals surface area contributed by atoms with E-state index in [1.54, 1.807) is 0 Å². The summed E-state index contributed by atoms with van der Waals surface area (Å²) in [7, 11) is 0. The molecule has 0 saturated heterocycles. The van der Waals surface area contributed by atoms with Crippen LogP contribution in [-0.4, -0.2) is 20.6 Å². The molecule has 0 aliphatic heterocycles. The Morgan fingerprint density at radius 3 is 2.42 bits per heavy atom. The van der Waals surface area contributed by atoms with Gasteiger partial charge in [-0.05, 0) is 17.7 Å². The number of rotatable bonds is 5. The van der Waals surface area contributed by atoms with E-state index in [4.69, 9.17) is 11.6 Å². The Hall–Kier alpha value is -2.11. The van der Waals surface area contributed by atoms with Crippen molar-refractivity contribution < 1.29 is 9.90 Å². The minimum absolute atomic E-state index is 0.171. The molecule has 24 heavy (non-hydrogen) atoms. The monoisotopic (exact) mass is 404 g/mol. The highest BCUT2D eigenvalue weighted by atomic mass is 79.9. The van der Waals surface area contributed by atoms with Crippen molar-refractivity contribution in [2.45, 2.75) is 13.0 Å². The molecule has 3 rings (SSSR count). The first kappa shape index (κ1) is 16.7. The average molecular weight is 406 g/mol. The van der Waals surface area contributed by atoms with Crippen molar-refractivity contribution in [3.05, 3.63) is 75.5 Å². The third-order valence-corrected chi connectivity index (χ3v) is 4.46. The number of hydrogen-bond acceptors (Lipinski definition) is 2. The van der Waals surface area contributed by atoms with Crippen LogP contribution in [0.4, 0.5) is 0 Å². The number of carboxylic acids is 1. The average Bonchev–Trinajstić information content (AvgIpc) is 2.85. The summed E-state index contributed by atoms with van der Waals surface area (Å²) >= 11 is 9.65. The molecule has 0 unspecified atom stereocenters. The molecule has 2 aromatic carbocycles. The summed E-state index contributed by atoms with van der Waals surface area (Å²) in [5.74, 6) is -0.277. The predicted molar refractivity (Wildman–Crippen MR) is 97.3 cm³/mol. The molecule has 1 N–H and O–H groups in total. The van der Waals surface area contributed by atoms with E-state index in [9.17, 15) is 9.90 Å². The van der Waals surface area contributed by atoms with Gasteiger partial charge >= 0.3 is 5.97 Å². The molecule has 3 aromatic rings. The molecule has 6 heteroatoms. The van der Waals surface area contributed by atoms with E-state index in [1.165, 1.54) is 0 Å². The van der Waals surface area contributed by atoms with E-state index in [-0.39, 0.29) is 11.6 Å². The van der Waals surface area contributed by atoms with Crippen molar-refractivity contribution in [2.75, 3.05) is 0 Å². The summed E-state index contributed by atoms with van der Waals surface area (Å²) in [6, 6.07) is 17.5. The van der Waals surface area contributed by atoms with E-state index >= 15 is 0 Å². The van der Waals surface area contributed by atoms with Crippen molar-refractivity contribution in [2.24, 2.45) is 0 Å². The van der Waals surface area contributed by atoms with Gasteiger partial charge in [-0.25, -0.2) is 4.98 Å². The summed E-state index contributed by atoms with van der Waals surface area (Å²) in [4.78, 5) is 15.6. The first-order chi connectivity index (χ1) is 11.5. The molecule has 0 atom stereocenters. The highest BCUT2D eigenvalue weighted by Crippen LogP contribution is 2.28. The zero-order chi connectivity index (χ0) is 17.1. The topological polar surface area (TPSA) is 55.1 Å². The number of halogens is 2. The van der Waals surface area contributed by atoms with Crippen LogP contribution in [0.15, 0.2) is 59.1 Å². The zero-order valence-corrected chi connectivity index (χ0v) is 15.0. The van der Waals surface area contributed by atoms with Crippen molar-refractivity contribution in [3.63, 3.8) is 0 Å². The quantitative estimate of drug-likeness (QED) is 0.673. The molecule has 0 saturated carbocycles. The lowest BCUT2D eigenvalue weighted by Crippen LogP contribution is -2.10. The Balaban J connectivity index is 2.10. The van der Waals surface area contributed by atoms with E-state index in [0.29, 0.717) is 18.1 Å². The van der Waals surface area contributed by atoms with E-state index in [2.05, 4.69) is 20.9 Å². The Labute approximate surface area is 152 Å². The Morgan fingerprint density at radius 1 is 1.12 bits per heavy atom. The molecule has 1 heterocycles. The number of aliphatic carboxylic acids is 1. The number of carbonyl (C=O) groups is 1. The van der Waals surface area contributed by atoms with Gasteiger partial charge in [0.15, 0.2) is 5.15 Å². The first-order valence-electron chi connectivity index (χ1n) is 7.31. The van der Waals surface area contributed by atoms with Crippen LogP contribution in [0.5, 0.6) is 0 Å². The van der Waals surface area contributed by atoms with Gasteiger partial charge in [-0.3, -0.25) is 4.79 Å². The van der Waals surface area contributed by atoms with Crippen LogP contribution in [0.1, 0.15) is 11.3 Å². The highest BCUT2D eigenvalue weighted by Gasteiger charge is 2.19. The van der Waals surface area contributed by atoms with E-state index in [1.807, 2.05) is 59.2 Å². The summed E-state index contributed by atoms with van der Waals surface area (Å²) in [5, 5.41) is 9.42. The van der Waals surface area contributed by atoms with Crippen LogP contribution in [0.2, 0.25) is 5.15 Å². The van der Waals surface area contributed by atoms with Crippen molar-refractivity contribution in [1.29, 1.82) is 0 Å². The fourth-order valence-corrected chi connectivity index (χ4v) is 3.04. The molecule has 0 fully saturated rings. The number of nitrogens with zero attached hydrogens (tertiary/aromatic N) is 2. The second-order valence-corrected chi connectivity index (χ2v) is 6.60. The van der Waals surface area contributed by atoms with Crippen LogP contribution in [-0.2, 0) is 17.8 Å². The van der Waals surface area contributed by atoms with Gasteiger partial charge in [-0.1, -0.05) is 70.0 Å². The minimum atomic E-state index is -0.937. The molecule has 122 valence electrons. The third kappa shape index (κ3) is 3.68. The van der Waals surface area contributed by atoms with Gasteiger partial charge in [0.2, 0.25) is 0 Å². The van der Waals surface area contributed by atoms with Gasteiger partial charge in [-0.2, -0.15) is 0 Å². The van der Waals surface area contributed by atoms with Gasteiger partial charge in [0.25, 0.3) is 0 Å². The second-order valence-electron chi connectivity index (χ2n) is 5.32. The van der Waals surface area contributed by atoms with Crippen molar-refractivity contribution in [3.8, 4) is 11.4 Å². The number of hydrogen-bond donors (Lipinski definition) is 1. The fourth-order valence-electron chi connectivity index (χ4n) is 2.52. The molecular formula is C18H14BrClN2O2. The number of benzene rings is 2. The summed E-state index contributed by atoms with van der Waals surface area (Å²) < 4.78 is 2.83. The van der Waals surface area contributed by atoms with Crippen LogP contribution in [0, 0.1) is 0 Å². The number of imidazole rings is 1. The lowest BCUT2D eigenvalue weighted by Gasteiger charge is -2.12. The number of carboxylic acid groups (broad SMARTS) is 1. The minimum Gasteiger partial charge on any atom is -0.481 e. The highest BCUT2D eigenvalue weighted by molar-refractivity contribution is 9.10. The standard InChI is InChI=1S/C18H14BrClN2O2/c19-14-8-6-13(7-9-14)18-21-17(20)15(10-16(23)24)22(18)11-12-4-2-1-3-5-12/h1-9H,10-11H2,(H,23,24). The van der Waals surface area contributed by atoms with Crippen LogP contribution < -0.4 is 0 Å². The normalized spacial score (nSPS) is 10.8. The van der Waals surface area contributed by atoms with Crippen LogP contribution >= 0.6 is 27.5 Å². The van der Waals surface area contributed by atoms with Crippen molar-refractivity contribution >= 4 is 33.5 Å². The molecule has 0 amide bonds. The SMILES string of the molecule is O=C(O)Cc1c(Cl)nc(-c2ccc(Br)cc2)n1Cc1ccccc1. The Morgan fingerprint density at radius 2 is 1.79 bits per heavy atom. The molecule has 1 aromatic heterocycles. The predicted octanol–water partition coefficient (Wildman–Crippen LogP) is 4.64. The lowest BCUT2D eigenvalue weighted by molar-refractivity contribution is -0.136. The van der Waals surface area contributed by atoms with E-state index < -0.39 is 5.97 Å². The van der Waals surface area contributed by atoms with E-state index in [0.717, 1.165) is 15.6 Å². The fraction of sp³-hybridized carbons (Fsp3) is 0.111. The second kappa shape index (κ2) is 7.20. The molecule has 4 nitrogen and oxygen atoms in total. The molecule has 0 spiro atoms. The molecule has 0 radical (unpaired) electrons. The van der Waals surface area contributed by atoms with Crippen LogP contribution in [0.25, 0.3) is 11.4 Å². The van der Waals surface area contributed by atoms with Crippen LogP contribution in [0.3, 0.4) is 0 Å². The molecular weight excluding hydrogens is 392 g/mol. The summed E-state index contributed by atoms with van der Waals surface area (Å²) in [5.41, 5.74) is 2.44. The Bertz CT molecular complexity index is 861. The zero-order valence-electron chi connectivity index (χ0n) is 12.6. The maximum Gasteiger partial charge on any atom is 0.309 e. The van der Waals surface area contributed by atoms with Gasteiger partial charge < -0.3 is 9.67 Å². The maximum absolute atomic E-state index is 11.2. The smallest absolute Gasteiger partial charge is 0.309 e. The van der Waals surface area contributed by atoms with Gasteiger partial charge in [0, 0.05) is 16.6 Å². The molecule has 0 aliphatic carbocycles. The van der Waals surface area contributed by atoms with Crippen molar-refractivity contribution in [1.82, 2.24) is 9.55 Å². The molecule has 0 aliphatic rings. The first-order valence-corrected chi connectivity index (χ1v) is 8.48. The summed E-state index contributed by atoms with van der Waals surface area (Å²) in [6.45, 7) is 0.509. The summed E-state index contributed by atoms with van der Waals surface area (Å²) in [6.07, 6.45) is -0.171. The van der Waals surface area contributed by atoms with Gasteiger partial charge in [0.05, 0.1) is 12.1 Å². The van der Waals surface area contributed by atoms with Gasteiger partial charge in [0.1, 0.15) is 5.82 Å². The van der Waals surface area contributed by atoms with Gasteiger partial charge in [-0.15, -0.1) is 0 Å². The lowest BCUT2D eigenvalue weighted by atomic mass is 10.2. The Kier molecular flexibility index (Phi) is 5.02.